The van der Waals surface area contributed by atoms with Crippen LogP contribution >= 0.6 is 11.6 Å². The van der Waals surface area contributed by atoms with Gasteiger partial charge in [0.05, 0.1) is 0 Å². The predicted molar refractivity (Wildman–Crippen MR) is 44.9 cm³/mol. The summed E-state index contributed by atoms with van der Waals surface area (Å²) in [6, 6.07) is 2.69. The Morgan fingerprint density at radius 3 is 2.77 bits per heavy atom. The van der Waals surface area contributed by atoms with E-state index in [2.05, 4.69) is 0 Å². The van der Waals surface area contributed by atoms with Crippen molar-refractivity contribution in [1.29, 1.82) is 0 Å². The molecule has 0 aliphatic rings. The minimum absolute atomic E-state index is 0.0123. The number of aryl methyl sites for hydroxylation is 1. The fourth-order valence-electron chi connectivity index (χ4n) is 1.02. The van der Waals surface area contributed by atoms with E-state index in [1.165, 1.54) is 12.1 Å². The van der Waals surface area contributed by atoms with Gasteiger partial charge in [-0.2, -0.15) is 0 Å². The number of rotatable bonds is 2. The molecule has 0 atom stereocenters. The third-order valence-electron chi connectivity index (χ3n) is 1.70. The van der Waals surface area contributed by atoms with Gasteiger partial charge in [0.1, 0.15) is 5.82 Å². The minimum atomic E-state index is -1.34. The van der Waals surface area contributed by atoms with Gasteiger partial charge >= 0.3 is 0 Å². The van der Waals surface area contributed by atoms with Crippen molar-refractivity contribution in [3.8, 4) is 0 Å². The van der Waals surface area contributed by atoms with Crippen LogP contribution in [0.1, 0.15) is 11.1 Å². The van der Waals surface area contributed by atoms with Gasteiger partial charge in [-0.1, -0.05) is 17.7 Å². The van der Waals surface area contributed by atoms with Crippen LogP contribution in [0, 0.1) is 12.7 Å². The molecule has 0 aromatic heterocycles. The van der Waals surface area contributed by atoms with Gasteiger partial charge in [0.2, 0.25) is 0 Å². The van der Waals surface area contributed by atoms with Crippen LogP contribution in [0.25, 0.3) is 0 Å². The van der Waals surface area contributed by atoms with Gasteiger partial charge in [-0.05, 0) is 18.6 Å². The quantitative estimate of drug-likeness (QED) is 0.719. The van der Waals surface area contributed by atoms with Gasteiger partial charge in [0.25, 0.3) is 0 Å². The summed E-state index contributed by atoms with van der Waals surface area (Å²) < 4.78 is 13.0. The first-order valence-electron chi connectivity index (χ1n) is 3.65. The lowest BCUT2D eigenvalue weighted by molar-refractivity contribution is -0.304. The molecule has 1 aromatic rings. The standard InChI is InChI=1S/C9H8ClFO2/c1-5-2-3-7(11)6(9(5)10)4-8(12)13/h2-3H,4H2,1H3,(H,12,13)/p-1. The SMILES string of the molecule is Cc1ccc(F)c(CC(=O)[O-])c1Cl. The molecule has 0 N–H and O–H groups in total. The lowest BCUT2D eigenvalue weighted by atomic mass is 10.1. The number of carboxylic acids is 1. The van der Waals surface area contributed by atoms with Gasteiger partial charge in [-0.15, -0.1) is 0 Å². The lowest BCUT2D eigenvalue weighted by Gasteiger charge is -2.08. The maximum atomic E-state index is 13.0. The molecule has 0 bridgehead atoms. The van der Waals surface area contributed by atoms with Gasteiger partial charge < -0.3 is 9.90 Å². The molecule has 0 saturated heterocycles. The van der Waals surface area contributed by atoms with E-state index in [0.29, 0.717) is 5.56 Å². The summed E-state index contributed by atoms with van der Waals surface area (Å²) in [6.07, 6.45) is -0.494. The van der Waals surface area contributed by atoms with Gasteiger partial charge in [0, 0.05) is 23.0 Å². The number of aliphatic carboxylic acids is 1. The second-order valence-corrected chi connectivity index (χ2v) is 3.08. The Kier molecular flexibility index (Phi) is 2.88. The molecule has 4 heteroatoms. The summed E-state index contributed by atoms with van der Waals surface area (Å²) in [5, 5.41) is 10.4. The van der Waals surface area contributed by atoms with E-state index in [4.69, 9.17) is 11.6 Å². The minimum Gasteiger partial charge on any atom is -0.550 e. The van der Waals surface area contributed by atoms with Crippen LogP contribution in [0.5, 0.6) is 0 Å². The van der Waals surface area contributed by atoms with Crippen molar-refractivity contribution in [2.75, 3.05) is 0 Å². The highest BCUT2D eigenvalue weighted by Gasteiger charge is 2.09. The summed E-state index contributed by atoms with van der Waals surface area (Å²) in [6.45, 7) is 1.68. The maximum Gasteiger partial charge on any atom is 0.128 e. The third kappa shape index (κ3) is 2.18. The van der Waals surface area contributed by atoms with Crippen LogP contribution in [-0.2, 0) is 11.2 Å². The Bertz CT molecular complexity index is 350. The highest BCUT2D eigenvalue weighted by molar-refractivity contribution is 6.32. The fourth-order valence-corrected chi connectivity index (χ4v) is 1.24. The molecule has 1 rings (SSSR count). The summed E-state index contributed by atoms with van der Waals surface area (Å²) in [4.78, 5) is 10.2. The van der Waals surface area contributed by atoms with Crippen LogP contribution < -0.4 is 5.11 Å². The molecule has 0 heterocycles. The molecule has 0 radical (unpaired) electrons. The second-order valence-electron chi connectivity index (χ2n) is 2.71. The Labute approximate surface area is 80.0 Å². The van der Waals surface area contributed by atoms with Crippen LogP contribution in [0.2, 0.25) is 5.02 Å². The molecule has 2 nitrogen and oxygen atoms in total. The molecule has 70 valence electrons. The molecular formula is C9H7ClFO2-. The van der Waals surface area contributed by atoms with Gasteiger partial charge in [0.15, 0.2) is 0 Å². The first-order chi connectivity index (χ1) is 6.02. The topological polar surface area (TPSA) is 40.1 Å². The van der Waals surface area contributed by atoms with E-state index < -0.39 is 18.2 Å². The van der Waals surface area contributed by atoms with Crippen molar-refractivity contribution in [3.05, 3.63) is 34.1 Å². The van der Waals surface area contributed by atoms with Crippen molar-refractivity contribution >= 4 is 17.6 Å². The van der Waals surface area contributed by atoms with E-state index >= 15 is 0 Å². The number of carboxylic acid groups (broad SMARTS) is 1. The van der Waals surface area contributed by atoms with Crippen LogP contribution in [-0.4, -0.2) is 5.97 Å². The van der Waals surface area contributed by atoms with E-state index in [1.54, 1.807) is 6.92 Å². The van der Waals surface area contributed by atoms with Crippen LogP contribution in [0.3, 0.4) is 0 Å². The monoisotopic (exact) mass is 201 g/mol. The molecule has 1 aromatic carbocycles. The van der Waals surface area contributed by atoms with Gasteiger partial charge in [-0.25, -0.2) is 4.39 Å². The maximum absolute atomic E-state index is 13.0. The molecular weight excluding hydrogens is 195 g/mol. The zero-order valence-electron chi connectivity index (χ0n) is 6.93. The van der Waals surface area contributed by atoms with E-state index in [-0.39, 0.29) is 10.6 Å². The lowest BCUT2D eigenvalue weighted by Crippen LogP contribution is -2.25. The van der Waals surface area contributed by atoms with Crippen molar-refractivity contribution in [3.63, 3.8) is 0 Å². The molecule has 0 saturated carbocycles. The Morgan fingerprint density at radius 2 is 2.23 bits per heavy atom. The summed E-state index contributed by atoms with van der Waals surface area (Å²) in [5.41, 5.74) is 0.640. The largest absolute Gasteiger partial charge is 0.550 e. The van der Waals surface area contributed by atoms with E-state index in [1.807, 2.05) is 0 Å². The normalized spacial score (nSPS) is 10.1. The first kappa shape index (κ1) is 9.99. The zero-order valence-corrected chi connectivity index (χ0v) is 7.69. The van der Waals surface area contributed by atoms with Crippen molar-refractivity contribution < 1.29 is 14.3 Å². The molecule has 13 heavy (non-hydrogen) atoms. The van der Waals surface area contributed by atoms with Crippen molar-refractivity contribution in [1.82, 2.24) is 0 Å². The summed E-state index contributed by atoms with van der Waals surface area (Å²) in [5.74, 6) is -1.95. The summed E-state index contributed by atoms with van der Waals surface area (Å²) >= 11 is 5.71. The zero-order chi connectivity index (χ0) is 10.0. The number of benzene rings is 1. The van der Waals surface area contributed by atoms with Crippen molar-refractivity contribution in [2.24, 2.45) is 0 Å². The molecule has 0 fully saturated rings. The third-order valence-corrected chi connectivity index (χ3v) is 2.23. The van der Waals surface area contributed by atoms with Crippen LogP contribution in [0.4, 0.5) is 4.39 Å². The average Bonchev–Trinajstić information content (AvgIpc) is 2.05. The van der Waals surface area contributed by atoms with E-state index in [0.717, 1.165) is 0 Å². The highest BCUT2D eigenvalue weighted by atomic mass is 35.5. The molecule has 0 amide bonds. The van der Waals surface area contributed by atoms with Crippen molar-refractivity contribution in [2.45, 2.75) is 13.3 Å². The fraction of sp³-hybridized carbons (Fsp3) is 0.222. The average molecular weight is 202 g/mol. The summed E-state index contributed by atoms with van der Waals surface area (Å²) in [7, 11) is 0. The number of hydrogen-bond acceptors (Lipinski definition) is 2. The molecule has 0 aliphatic heterocycles. The number of carbonyl (C=O) groups is 1. The second kappa shape index (κ2) is 3.75. The Balaban J connectivity index is 3.17. The smallest absolute Gasteiger partial charge is 0.128 e. The van der Waals surface area contributed by atoms with E-state index in [9.17, 15) is 14.3 Å². The van der Waals surface area contributed by atoms with Crippen LogP contribution in [0.15, 0.2) is 12.1 Å². The predicted octanol–water partition coefficient (Wildman–Crippen LogP) is 1.08. The molecule has 0 spiro atoms. The molecule has 0 aliphatic carbocycles. The highest BCUT2D eigenvalue weighted by Crippen LogP contribution is 2.23. The van der Waals surface area contributed by atoms with Gasteiger partial charge in [-0.3, -0.25) is 0 Å². The Morgan fingerprint density at radius 1 is 1.62 bits per heavy atom. The molecule has 0 unspecified atom stereocenters. The Hall–Kier alpha value is -1.09. The number of carbonyl (C=O) groups excluding carboxylic acids is 1. The number of halogens is 2. The number of hydrogen-bond donors (Lipinski definition) is 0. The first-order valence-corrected chi connectivity index (χ1v) is 4.03.